The molecule has 6 nitrogen and oxygen atoms in total. The lowest BCUT2D eigenvalue weighted by molar-refractivity contribution is 1.07. The summed E-state index contributed by atoms with van der Waals surface area (Å²) in [5.41, 5.74) is 6.12. The molecule has 9 aromatic rings. The van der Waals surface area contributed by atoms with Gasteiger partial charge in [-0.15, -0.1) is 11.3 Å². The number of para-hydroxylation sites is 1. The van der Waals surface area contributed by atoms with Gasteiger partial charge in [0.25, 0.3) is 0 Å². The second-order valence-electron chi connectivity index (χ2n) is 10.7. The van der Waals surface area contributed by atoms with Crippen molar-refractivity contribution in [3.05, 3.63) is 134 Å². The van der Waals surface area contributed by atoms with Crippen LogP contribution in [0.15, 0.2) is 134 Å². The SMILES string of the molecule is c1ccc(-c2nc(-c3ccccc3)nc(-c3cccc(-n4c5ccccc5c5cc6sc7ncncc7c6cc54)c3)n2)cc1. The molecule has 0 fully saturated rings. The van der Waals surface area contributed by atoms with Crippen LogP contribution in [0.3, 0.4) is 0 Å². The lowest BCUT2D eigenvalue weighted by Crippen LogP contribution is -2.01. The Hall–Kier alpha value is -5.79. The van der Waals surface area contributed by atoms with E-state index in [0.29, 0.717) is 17.5 Å². The summed E-state index contributed by atoms with van der Waals surface area (Å²) in [6.07, 6.45) is 3.53. The molecule has 0 aliphatic heterocycles. The Morgan fingerprint density at radius 2 is 1.16 bits per heavy atom. The number of thiophene rings is 1. The molecule has 0 radical (unpaired) electrons. The van der Waals surface area contributed by atoms with Crippen LogP contribution in [-0.4, -0.2) is 29.5 Å². The molecular formula is C37H22N6S. The summed E-state index contributed by atoms with van der Waals surface area (Å²) in [5, 5.41) is 4.65. The monoisotopic (exact) mass is 582 g/mol. The van der Waals surface area contributed by atoms with Crippen LogP contribution < -0.4 is 0 Å². The van der Waals surface area contributed by atoms with Crippen molar-refractivity contribution in [3.63, 3.8) is 0 Å². The normalized spacial score (nSPS) is 11.6. The van der Waals surface area contributed by atoms with Crippen LogP contribution in [0.5, 0.6) is 0 Å². The number of hydrogen-bond acceptors (Lipinski definition) is 6. The fourth-order valence-electron chi connectivity index (χ4n) is 5.98. The second-order valence-corrected chi connectivity index (χ2v) is 11.7. The van der Waals surface area contributed by atoms with Gasteiger partial charge in [-0.25, -0.2) is 24.9 Å². The quantitative estimate of drug-likeness (QED) is 0.207. The molecule has 0 spiro atoms. The smallest absolute Gasteiger partial charge is 0.164 e. The highest BCUT2D eigenvalue weighted by atomic mass is 32.1. The molecule has 0 aliphatic carbocycles. The summed E-state index contributed by atoms with van der Waals surface area (Å²) in [5.74, 6) is 1.92. The van der Waals surface area contributed by atoms with E-state index < -0.39 is 0 Å². The fraction of sp³-hybridized carbons (Fsp3) is 0. The Morgan fingerprint density at radius 3 is 1.91 bits per heavy atom. The summed E-state index contributed by atoms with van der Waals surface area (Å²) in [7, 11) is 0. The van der Waals surface area contributed by atoms with Crippen LogP contribution in [0.4, 0.5) is 0 Å². The summed E-state index contributed by atoms with van der Waals surface area (Å²) in [6.45, 7) is 0. The zero-order valence-electron chi connectivity index (χ0n) is 23.3. The predicted molar refractivity (Wildman–Crippen MR) is 179 cm³/mol. The summed E-state index contributed by atoms with van der Waals surface area (Å²) < 4.78 is 3.54. The van der Waals surface area contributed by atoms with Crippen molar-refractivity contribution in [3.8, 4) is 39.9 Å². The van der Waals surface area contributed by atoms with Gasteiger partial charge in [-0.2, -0.15) is 0 Å². The van der Waals surface area contributed by atoms with Gasteiger partial charge in [0, 0.05) is 54.8 Å². The van der Waals surface area contributed by atoms with E-state index in [1.807, 2.05) is 66.9 Å². The van der Waals surface area contributed by atoms with Crippen molar-refractivity contribution in [2.24, 2.45) is 0 Å². The molecule has 9 rings (SSSR count). The van der Waals surface area contributed by atoms with Crippen LogP contribution in [0.25, 0.3) is 82.0 Å². The highest BCUT2D eigenvalue weighted by Gasteiger charge is 2.17. The minimum Gasteiger partial charge on any atom is -0.309 e. The van der Waals surface area contributed by atoms with Gasteiger partial charge in [0.15, 0.2) is 17.5 Å². The lowest BCUT2D eigenvalue weighted by atomic mass is 10.1. The van der Waals surface area contributed by atoms with Gasteiger partial charge < -0.3 is 4.57 Å². The molecule has 44 heavy (non-hydrogen) atoms. The molecule has 4 heterocycles. The van der Waals surface area contributed by atoms with Gasteiger partial charge in [-0.1, -0.05) is 91.0 Å². The summed E-state index contributed by atoms with van der Waals surface area (Å²) in [4.78, 5) is 24.6. The van der Waals surface area contributed by atoms with E-state index in [2.05, 4.69) is 75.2 Å². The third-order valence-corrected chi connectivity index (χ3v) is 9.08. The molecule has 0 saturated carbocycles. The molecule has 0 bridgehead atoms. The highest BCUT2D eigenvalue weighted by molar-refractivity contribution is 7.25. The zero-order chi connectivity index (χ0) is 29.0. The Morgan fingerprint density at radius 1 is 0.500 bits per heavy atom. The molecule has 0 amide bonds. The van der Waals surface area contributed by atoms with Crippen molar-refractivity contribution < 1.29 is 0 Å². The van der Waals surface area contributed by atoms with E-state index >= 15 is 0 Å². The largest absolute Gasteiger partial charge is 0.309 e. The first-order valence-electron chi connectivity index (χ1n) is 14.3. The number of rotatable bonds is 4. The molecule has 0 saturated heterocycles. The van der Waals surface area contributed by atoms with Gasteiger partial charge in [0.1, 0.15) is 11.2 Å². The van der Waals surface area contributed by atoms with Crippen LogP contribution in [-0.2, 0) is 0 Å². The summed E-state index contributed by atoms with van der Waals surface area (Å²) >= 11 is 1.71. The van der Waals surface area contributed by atoms with Gasteiger partial charge in [-0.05, 0) is 30.3 Å². The van der Waals surface area contributed by atoms with Crippen LogP contribution in [0.1, 0.15) is 0 Å². The molecule has 7 heteroatoms. The maximum absolute atomic E-state index is 4.97. The first-order chi connectivity index (χ1) is 21.8. The molecule has 0 unspecified atom stereocenters. The number of benzene rings is 5. The number of nitrogens with zero attached hydrogens (tertiary/aromatic N) is 6. The van der Waals surface area contributed by atoms with Crippen molar-refractivity contribution in [2.75, 3.05) is 0 Å². The molecule has 0 atom stereocenters. The number of fused-ring (bicyclic) bond motifs is 6. The third-order valence-electron chi connectivity index (χ3n) is 8.01. The van der Waals surface area contributed by atoms with Crippen molar-refractivity contribution in [2.45, 2.75) is 0 Å². The number of aromatic nitrogens is 6. The molecule has 5 aromatic carbocycles. The van der Waals surface area contributed by atoms with Crippen molar-refractivity contribution in [1.29, 1.82) is 0 Å². The molecule has 0 aliphatic rings. The van der Waals surface area contributed by atoms with E-state index in [9.17, 15) is 0 Å². The molecular weight excluding hydrogens is 561 g/mol. The Balaban J connectivity index is 1.27. The zero-order valence-corrected chi connectivity index (χ0v) is 24.1. The summed E-state index contributed by atoms with van der Waals surface area (Å²) in [6, 6.07) is 41.7. The van der Waals surface area contributed by atoms with E-state index in [1.165, 1.54) is 15.5 Å². The standard InChI is InChI=1S/C37H22N6S/c1-3-10-23(11-4-1)34-40-35(24-12-5-2-6-13-24)42-36(41-34)25-14-9-15-26(18-25)43-31-17-8-7-16-27(31)28-20-33-29(19-32(28)43)30-21-38-22-39-37(30)44-33/h1-22H. The Bertz CT molecular complexity index is 2440. The maximum Gasteiger partial charge on any atom is 0.164 e. The lowest BCUT2D eigenvalue weighted by Gasteiger charge is -2.11. The fourth-order valence-corrected chi connectivity index (χ4v) is 7.02. The van der Waals surface area contributed by atoms with Crippen LogP contribution in [0.2, 0.25) is 0 Å². The average Bonchev–Trinajstić information content (AvgIpc) is 3.62. The highest BCUT2D eigenvalue weighted by Crippen LogP contribution is 2.40. The van der Waals surface area contributed by atoms with Gasteiger partial charge in [-0.3, -0.25) is 0 Å². The van der Waals surface area contributed by atoms with E-state index in [4.69, 9.17) is 15.0 Å². The van der Waals surface area contributed by atoms with Crippen LogP contribution >= 0.6 is 11.3 Å². The minimum absolute atomic E-state index is 0.628. The van der Waals surface area contributed by atoms with Gasteiger partial charge in [0.05, 0.1) is 11.0 Å². The first kappa shape index (κ1) is 24.8. The maximum atomic E-state index is 4.97. The third kappa shape index (κ3) is 3.98. The second kappa shape index (κ2) is 9.90. The average molecular weight is 583 g/mol. The number of hydrogen-bond donors (Lipinski definition) is 0. The van der Waals surface area contributed by atoms with Gasteiger partial charge in [0.2, 0.25) is 0 Å². The van der Waals surface area contributed by atoms with Crippen molar-refractivity contribution in [1.82, 2.24) is 29.5 Å². The van der Waals surface area contributed by atoms with E-state index in [-0.39, 0.29) is 0 Å². The van der Waals surface area contributed by atoms with Crippen molar-refractivity contribution >= 4 is 53.4 Å². The van der Waals surface area contributed by atoms with Gasteiger partial charge >= 0.3 is 0 Å². The molecule has 206 valence electrons. The first-order valence-corrected chi connectivity index (χ1v) is 15.1. The minimum atomic E-state index is 0.628. The predicted octanol–water partition coefficient (Wildman–Crippen LogP) is 9.13. The Labute approximate surface area is 256 Å². The Kier molecular flexibility index (Phi) is 5.57. The van der Waals surface area contributed by atoms with Crippen LogP contribution in [0, 0.1) is 0 Å². The topological polar surface area (TPSA) is 69.4 Å². The molecule has 4 aromatic heterocycles. The molecule has 0 N–H and O–H groups in total. The van der Waals surface area contributed by atoms with E-state index in [1.54, 1.807) is 17.7 Å². The van der Waals surface area contributed by atoms with E-state index in [0.717, 1.165) is 49.0 Å².